The Morgan fingerprint density at radius 1 is 0.258 bits per heavy atom. The van der Waals surface area contributed by atoms with E-state index in [2.05, 4.69) is 0 Å². The summed E-state index contributed by atoms with van der Waals surface area (Å²) in [6.45, 7) is 0. The Labute approximate surface area is 405 Å². The number of rotatable bonds is 7. The van der Waals surface area contributed by atoms with Gasteiger partial charge in [0.1, 0.15) is 0 Å². The molecule has 0 amide bonds. The highest BCUT2D eigenvalue weighted by molar-refractivity contribution is 6.17. The average Bonchev–Trinajstić information content (AvgIpc) is 0.704. The Morgan fingerprint density at radius 3 is 0.871 bits per heavy atom. The highest BCUT2D eigenvalue weighted by Gasteiger charge is 2.23. The van der Waals surface area contributed by atoms with Crippen LogP contribution in [0.25, 0.3) is 75.8 Å². The Bertz CT molecular complexity index is 5000. The van der Waals surface area contributed by atoms with E-state index in [0.717, 1.165) is 9.80 Å². The minimum Gasteiger partial charge on any atom is -0.309 e. The molecule has 0 saturated heterocycles. The number of nitrogens with zero attached hydrogens (tertiary/aromatic N) is 2. The summed E-state index contributed by atoms with van der Waals surface area (Å²) >= 11 is 0. The number of benzene rings is 12. The lowest BCUT2D eigenvalue weighted by Crippen LogP contribution is -2.12. The van der Waals surface area contributed by atoms with Crippen LogP contribution in [-0.4, -0.2) is 0 Å². The lowest BCUT2D eigenvalue weighted by atomic mass is 9.97. The van der Waals surface area contributed by atoms with Crippen molar-refractivity contribution in [2.24, 2.45) is 0 Å². The van der Waals surface area contributed by atoms with Gasteiger partial charge in [-0.3, -0.25) is 0 Å². The second kappa shape index (κ2) is 14.8. The van der Waals surface area contributed by atoms with Gasteiger partial charge in [0.25, 0.3) is 0 Å². The van der Waals surface area contributed by atoms with Crippen LogP contribution in [0.5, 0.6) is 0 Å². The van der Waals surface area contributed by atoms with Gasteiger partial charge in [-0.05, 0) is 91.9 Å². The van der Waals surface area contributed by atoms with Gasteiger partial charge < -0.3 is 9.80 Å². The summed E-state index contributed by atoms with van der Waals surface area (Å²) in [5.41, 5.74) is -2.24. The van der Waals surface area contributed by atoms with Crippen LogP contribution in [0.15, 0.2) is 242 Å². The quantitative estimate of drug-likeness (QED) is 0.148. The third-order valence-corrected chi connectivity index (χ3v) is 10.3. The fourth-order valence-corrected chi connectivity index (χ4v) is 7.56. The molecule has 0 N–H and O–H groups in total. The van der Waals surface area contributed by atoms with Crippen LogP contribution >= 0.6 is 0 Å². The molecule has 0 radical (unpaired) electrons. The van der Waals surface area contributed by atoms with Crippen molar-refractivity contribution in [1.82, 2.24) is 0 Å². The first-order valence-electron chi connectivity index (χ1n) is 34.7. The van der Waals surface area contributed by atoms with Crippen molar-refractivity contribution in [2.45, 2.75) is 0 Å². The van der Waals surface area contributed by atoms with E-state index >= 15 is 0 Å². The van der Waals surface area contributed by atoms with Crippen LogP contribution in [0.4, 0.5) is 34.1 Å². The fourth-order valence-electron chi connectivity index (χ4n) is 7.56. The third kappa shape index (κ3) is 5.96. The molecule has 0 spiro atoms. The third-order valence-electron chi connectivity index (χ3n) is 10.3. The summed E-state index contributed by atoms with van der Waals surface area (Å²) < 4.78 is 290. The fraction of sp³-hybridized carbons (Fsp3) is 0. The molecule has 0 aromatic heterocycles. The van der Waals surface area contributed by atoms with Gasteiger partial charge in [-0.2, -0.15) is 0 Å². The van der Waals surface area contributed by atoms with Crippen LogP contribution < -0.4 is 9.80 Å². The second-order valence-corrected chi connectivity index (χ2v) is 13.7. The van der Waals surface area contributed by atoms with Gasteiger partial charge in [0, 0.05) is 43.7 Å². The molecule has 0 fully saturated rings. The molecule has 0 aliphatic rings. The molecule has 290 valence electrons. The Hall–Kier alpha value is -8.20. The van der Waals surface area contributed by atoms with Crippen LogP contribution in [-0.2, 0) is 0 Å². The van der Waals surface area contributed by atoms with E-state index in [1.54, 1.807) is 0 Å². The number of hydrogen-bond donors (Lipinski definition) is 0. The number of hydrogen-bond acceptors (Lipinski definition) is 2. The zero-order chi connectivity index (χ0) is 68.8. The predicted octanol–water partition coefficient (Wildman–Crippen LogP) is 17.2. The highest BCUT2D eigenvalue weighted by atomic mass is 15.2. The number of anilines is 6. The summed E-state index contributed by atoms with van der Waals surface area (Å²) in [6, 6.07) is -16.2. The Balaban J connectivity index is 1.19. The smallest absolute Gasteiger partial charge is 0.0645 e. The van der Waals surface area contributed by atoms with Crippen molar-refractivity contribution < 1.29 is 43.9 Å². The van der Waals surface area contributed by atoms with Crippen molar-refractivity contribution in [3.63, 3.8) is 0 Å². The summed E-state index contributed by atoms with van der Waals surface area (Å²) in [6.07, 6.45) is 0. The largest absolute Gasteiger partial charge is 0.309 e. The lowest BCUT2D eigenvalue weighted by Gasteiger charge is -2.30. The molecular formula is C60H40N2. The topological polar surface area (TPSA) is 6.48 Å². The summed E-state index contributed by atoms with van der Waals surface area (Å²) in [5, 5.41) is -6.86. The number of fused-ring (bicyclic) bond motifs is 6. The lowest BCUT2D eigenvalue weighted by molar-refractivity contribution is 1.32. The van der Waals surface area contributed by atoms with E-state index in [1.807, 2.05) is 0 Å². The van der Waals surface area contributed by atoms with Gasteiger partial charge in [0.05, 0.1) is 66.6 Å². The highest BCUT2D eigenvalue weighted by Crippen LogP contribution is 2.48. The van der Waals surface area contributed by atoms with Gasteiger partial charge in [-0.15, -0.1) is 0 Å². The molecule has 12 aromatic carbocycles. The SMILES string of the molecule is [2H]c1c([2H])c([2H])c2c(N(c3ccc(-c4ccc(N(c5c([2H])c([2H])c([2H])c6c([2H])c([2H])c([2H])c([2H])c56)c5c6c([2H])c([2H])c([2H])c([2H])c6c([2H])c6c([2H])c([2H])c([2H])c([2H])c56)cc4)cc3)c3c4c([2H])c([2H])c([2H])c([2H])c4c([2H])c4c([2H])c([2H])c([2H])c([2H])c34)c([2H])c([2H])c([2H])c2c1[2H]. The first kappa shape index (κ1) is 16.0. The molecule has 12 aromatic rings. The summed E-state index contributed by atoms with van der Waals surface area (Å²) in [7, 11) is 0. The summed E-state index contributed by atoms with van der Waals surface area (Å²) in [5.74, 6) is 0. The normalized spacial score (nSPS) is 18.8. The van der Waals surface area contributed by atoms with E-state index in [4.69, 9.17) is 30.2 Å². The zero-order valence-corrected chi connectivity index (χ0v) is 31.5. The predicted molar refractivity (Wildman–Crippen MR) is 266 cm³/mol. The van der Waals surface area contributed by atoms with E-state index in [1.165, 1.54) is 48.5 Å². The molecule has 0 bridgehead atoms. The van der Waals surface area contributed by atoms with E-state index < -0.39 is 281 Å². The molecule has 2 nitrogen and oxygen atoms in total. The van der Waals surface area contributed by atoms with Gasteiger partial charge >= 0.3 is 0 Å². The Kier molecular flexibility index (Phi) is 3.82. The van der Waals surface area contributed by atoms with Crippen molar-refractivity contribution in [2.75, 3.05) is 9.80 Å². The second-order valence-electron chi connectivity index (χ2n) is 13.7. The Morgan fingerprint density at radius 2 is 0.532 bits per heavy atom. The first-order valence-corrected chi connectivity index (χ1v) is 18.7. The monoisotopic (exact) mass is 821 g/mol. The molecule has 12 rings (SSSR count). The molecule has 62 heavy (non-hydrogen) atoms. The van der Waals surface area contributed by atoms with Gasteiger partial charge in [0.15, 0.2) is 0 Å². The maximum absolute atomic E-state index is 9.61. The van der Waals surface area contributed by atoms with Crippen LogP contribution in [0.3, 0.4) is 0 Å². The maximum atomic E-state index is 9.61. The zero-order valence-electron chi connectivity index (χ0n) is 63.5. The van der Waals surface area contributed by atoms with Crippen molar-refractivity contribution in [1.29, 1.82) is 0 Å². The molecule has 0 saturated carbocycles. The van der Waals surface area contributed by atoms with Crippen LogP contribution in [0.2, 0.25) is 0 Å². The average molecular weight is 821 g/mol. The molecule has 0 aliphatic carbocycles. The van der Waals surface area contributed by atoms with Gasteiger partial charge in [-0.25, -0.2) is 0 Å². The van der Waals surface area contributed by atoms with E-state index in [0.29, 0.717) is 0 Å². The minimum absolute atomic E-state index is 0.180. The van der Waals surface area contributed by atoms with Crippen molar-refractivity contribution in [3.8, 4) is 11.1 Å². The van der Waals surface area contributed by atoms with Crippen LogP contribution in [0.1, 0.15) is 43.9 Å². The van der Waals surface area contributed by atoms with Gasteiger partial charge in [0.2, 0.25) is 0 Å². The standard InChI is InChI=1S/C60H40N2/c1-7-23-51-43(15-1)21-13-29-57(51)61(59-53-25-9-3-17-45(53)39-46-18-4-10-26-54(46)59)49-35-31-41(32-36-49)42-33-37-50(38-34-42)62(58-30-14-22-44-16-2-8-24-52(44)58)60-55-27-11-5-19-47(55)40-48-20-6-12-28-56(48)60/h1-40H/i1D,2D,3D,4D,5D,6D,7D,8D,9D,10D,11D,12D,13D,14D,15D,16D,17D,18D,19D,20D,21D,22D,23D,24D,25D,26D,27D,28D,29D,30D,39D,40D. The van der Waals surface area contributed by atoms with Crippen molar-refractivity contribution >= 4 is 98.8 Å². The van der Waals surface area contributed by atoms with Gasteiger partial charge in [-0.1, -0.05) is 193 Å². The molecule has 2 heteroatoms. The molecule has 0 unspecified atom stereocenters. The first-order chi connectivity index (χ1) is 44.1. The minimum atomic E-state index is -0.907. The van der Waals surface area contributed by atoms with E-state index in [-0.39, 0.29) is 22.5 Å². The summed E-state index contributed by atoms with van der Waals surface area (Å²) in [4.78, 5) is 2.03. The van der Waals surface area contributed by atoms with Crippen LogP contribution in [0, 0.1) is 0 Å². The maximum Gasteiger partial charge on any atom is 0.0645 e. The molecule has 0 atom stereocenters. The molecule has 0 aliphatic heterocycles. The van der Waals surface area contributed by atoms with E-state index in [9.17, 15) is 13.7 Å². The molecular weight excluding hydrogens is 749 g/mol. The van der Waals surface area contributed by atoms with Crippen molar-refractivity contribution in [3.05, 3.63) is 242 Å². The molecule has 0 heterocycles.